The predicted octanol–water partition coefficient (Wildman–Crippen LogP) is 2.87. The molecule has 0 bridgehead atoms. The minimum Gasteiger partial charge on any atom is -0.477 e. The summed E-state index contributed by atoms with van der Waals surface area (Å²) in [7, 11) is 0. The second-order valence-corrected chi connectivity index (χ2v) is 6.06. The number of pyridine rings is 1. The molecule has 0 spiro atoms. The number of benzene rings is 2. The molecule has 146 valence electrons. The second-order valence-electron chi connectivity index (χ2n) is 6.06. The summed E-state index contributed by atoms with van der Waals surface area (Å²) >= 11 is 0. The van der Waals surface area contributed by atoms with Crippen LogP contribution in [-0.2, 0) is 0 Å². The molecule has 2 aromatic carbocycles. The smallest absolute Gasteiger partial charge is 0.341 e. The van der Waals surface area contributed by atoms with Crippen LogP contribution in [0.5, 0.6) is 0 Å². The molecule has 4 N–H and O–H groups in total. The third kappa shape index (κ3) is 3.56. The molecule has 0 atom stereocenters. The van der Waals surface area contributed by atoms with E-state index in [1.807, 2.05) is 0 Å². The van der Waals surface area contributed by atoms with E-state index < -0.39 is 34.4 Å². The molecule has 1 aromatic heterocycles. The first kappa shape index (κ1) is 19.4. The molecule has 0 saturated carbocycles. The number of carbonyl (C=O) groups is 1. The van der Waals surface area contributed by atoms with Gasteiger partial charge < -0.3 is 20.7 Å². The topological polar surface area (TPSA) is 97.3 Å². The van der Waals surface area contributed by atoms with Crippen LogP contribution in [0.2, 0.25) is 0 Å². The first-order chi connectivity index (χ1) is 13.3. The summed E-state index contributed by atoms with van der Waals surface area (Å²) < 4.78 is 43.1. The van der Waals surface area contributed by atoms with E-state index in [1.54, 1.807) is 0 Å². The number of rotatable bonds is 6. The predicted molar refractivity (Wildman–Crippen MR) is 98.5 cm³/mol. The summed E-state index contributed by atoms with van der Waals surface area (Å²) in [5.41, 5.74) is 3.75. The number of anilines is 1. The van der Waals surface area contributed by atoms with Crippen LogP contribution in [0.25, 0.3) is 16.6 Å². The number of hydrogen-bond acceptors (Lipinski definition) is 4. The molecule has 0 unspecified atom stereocenters. The summed E-state index contributed by atoms with van der Waals surface area (Å²) in [6, 6.07) is 4.89. The minimum atomic E-state index is -1.55. The summed E-state index contributed by atoms with van der Waals surface area (Å²) in [5.74, 6) is -4.10. The lowest BCUT2D eigenvalue weighted by molar-refractivity contribution is 0.0695. The standard InChI is InChI=1S/C19H16F3N3O3/c20-10-2-3-16(14(22)6-10)25-9-12(19(27)28)18(26)11-7-13(21)15(8-17(11)25)24-5-1-4-23/h2-3,6-9,24H,1,4-5,23H2,(H,27,28). The monoisotopic (exact) mass is 391 g/mol. The molecule has 3 rings (SSSR count). The van der Waals surface area contributed by atoms with Crippen molar-refractivity contribution in [3.05, 3.63) is 69.8 Å². The van der Waals surface area contributed by atoms with Crippen LogP contribution in [0.4, 0.5) is 18.9 Å². The van der Waals surface area contributed by atoms with E-state index >= 15 is 0 Å². The number of carboxylic acids is 1. The molecule has 28 heavy (non-hydrogen) atoms. The van der Waals surface area contributed by atoms with Crippen LogP contribution in [0.15, 0.2) is 41.3 Å². The Morgan fingerprint density at radius 1 is 1.14 bits per heavy atom. The molecule has 0 aliphatic rings. The fraction of sp³-hybridized carbons (Fsp3) is 0.158. The molecule has 9 heteroatoms. The van der Waals surface area contributed by atoms with Gasteiger partial charge in [-0.05, 0) is 37.2 Å². The average molecular weight is 391 g/mol. The maximum absolute atomic E-state index is 14.4. The fourth-order valence-electron chi connectivity index (χ4n) is 2.83. The highest BCUT2D eigenvalue weighted by molar-refractivity contribution is 5.94. The van der Waals surface area contributed by atoms with Gasteiger partial charge >= 0.3 is 5.97 Å². The van der Waals surface area contributed by atoms with Crippen molar-refractivity contribution in [2.75, 3.05) is 18.4 Å². The zero-order chi connectivity index (χ0) is 20.4. The molecule has 0 aliphatic heterocycles. The number of aromatic nitrogens is 1. The van der Waals surface area contributed by atoms with Gasteiger partial charge in [0.1, 0.15) is 23.0 Å². The van der Waals surface area contributed by atoms with Crippen LogP contribution >= 0.6 is 0 Å². The number of nitrogens with two attached hydrogens (primary N) is 1. The molecule has 1 heterocycles. The average Bonchev–Trinajstić information content (AvgIpc) is 2.63. The van der Waals surface area contributed by atoms with Crippen molar-refractivity contribution < 1.29 is 23.1 Å². The fourth-order valence-corrected chi connectivity index (χ4v) is 2.83. The lowest BCUT2D eigenvalue weighted by atomic mass is 10.1. The van der Waals surface area contributed by atoms with Crippen molar-refractivity contribution in [2.24, 2.45) is 5.73 Å². The van der Waals surface area contributed by atoms with Crippen molar-refractivity contribution in [3.8, 4) is 5.69 Å². The number of carboxylic acid groups (broad SMARTS) is 1. The van der Waals surface area contributed by atoms with Gasteiger partial charge in [-0.3, -0.25) is 4.79 Å². The van der Waals surface area contributed by atoms with Gasteiger partial charge in [-0.25, -0.2) is 18.0 Å². The summed E-state index contributed by atoms with van der Waals surface area (Å²) in [6.45, 7) is 0.747. The van der Waals surface area contributed by atoms with E-state index in [0.717, 1.165) is 29.0 Å². The third-order valence-corrected chi connectivity index (χ3v) is 4.19. The van der Waals surface area contributed by atoms with E-state index in [2.05, 4.69) is 5.32 Å². The van der Waals surface area contributed by atoms with E-state index in [9.17, 15) is 27.9 Å². The zero-order valence-electron chi connectivity index (χ0n) is 14.5. The SMILES string of the molecule is NCCCNc1cc2c(cc1F)c(=O)c(C(=O)O)cn2-c1ccc(F)cc1F. The van der Waals surface area contributed by atoms with E-state index in [-0.39, 0.29) is 22.3 Å². The quantitative estimate of drug-likeness (QED) is 0.562. The van der Waals surface area contributed by atoms with Crippen molar-refractivity contribution >= 4 is 22.6 Å². The van der Waals surface area contributed by atoms with Gasteiger partial charge in [-0.2, -0.15) is 0 Å². The van der Waals surface area contributed by atoms with E-state index in [4.69, 9.17) is 5.73 Å². The molecule has 0 saturated heterocycles. The van der Waals surface area contributed by atoms with E-state index in [0.29, 0.717) is 25.6 Å². The van der Waals surface area contributed by atoms with Crippen LogP contribution < -0.4 is 16.5 Å². The lowest BCUT2D eigenvalue weighted by Crippen LogP contribution is -2.19. The van der Waals surface area contributed by atoms with Crippen molar-refractivity contribution in [1.82, 2.24) is 4.57 Å². The highest BCUT2D eigenvalue weighted by Crippen LogP contribution is 2.26. The van der Waals surface area contributed by atoms with Crippen LogP contribution in [0.1, 0.15) is 16.8 Å². The number of nitrogens with zero attached hydrogens (tertiary/aromatic N) is 1. The molecule has 0 fully saturated rings. The Bertz CT molecular complexity index is 1130. The lowest BCUT2D eigenvalue weighted by Gasteiger charge is -2.15. The number of nitrogens with one attached hydrogen (secondary N) is 1. The zero-order valence-corrected chi connectivity index (χ0v) is 14.5. The number of halogens is 3. The Balaban J connectivity index is 2.33. The maximum Gasteiger partial charge on any atom is 0.341 e. The van der Waals surface area contributed by atoms with Gasteiger partial charge in [0.25, 0.3) is 0 Å². The van der Waals surface area contributed by atoms with E-state index in [1.165, 1.54) is 6.07 Å². The minimum absolute atomic E-state index is 0.0414. The molecule has 0 amide bonds. The van der Waals surface area contributed by atoms with Gasteiger partial charge in [-0.15, -0.1) is 0 Å². The number of hydrogen-bond donors (Lipinski definition) is 3. The highest BCUT2D eigenvalue weighted by Gasteiger charge is 2.19. The molecule has 0 aliphatic carbocycles. The van der Waals surface area contributed by atoms with Crippen molar-refractivity contribution in [1.29, 1.82) is 0 Å². The Labute approximate surface area is 157 Å². The number of fused-ring (bicyclic) bond motifs is 1. The molecule has 3 aromatic rings. The first-order valence-corrected chi connectivity index (χ1v) is 8.35. The molecular weight excluding hydrogens is 375 g/mol. The van der Waals surface area contributed by atoms with Gasteiger partial charge in [-0.1, -0.05) is 0 Å². The molecule has 6 nitrogen and oxygen atoms in total. The second kappa shape index (κ2) is 7.73. The Morgan fingerprint density at radius 2 is 1.89 bits per heavy atom. The normalized spacial score (nSPS) is 11.0. The number of aromatic carboxylic acids is 1. The van der Waals surface area contributed by atoms with Crippen LogP contribution in [0.3, 0.4) is 0 Å². The molecular formula is C19H16F3N3O3. The van der Waals surface area contributed by atoms with Gasteiger partial charge in [0.15, 0.2) is 0 Å². The summed E-state index contributed by atoms with van der Waals surface area (Å²) in [5, 5.41) is 11.9. The largest absolute Gasteiger partial charge is 0.477 e. The molecule has 0 radical (unpaired) electrons. The third-order valence-electron chi connectivity index (χ3n) is 4.19. The first-order valence-electron chi connectivity index (χ1n) is 8.35. The van der Waals surface area contributed by atoms with Crippen molar-refractivity contribution in [3.63, 3.8) is 0 Å². The van der Waals surface area contributed by atoms with Gasteiger partial charge in [0, 0.05) is 24.2 Å². The Morgan fingerprint density at radius 3 is 2.54 bits per heavy atom. The van der Waals surface area contributed by atoms with Gasteiger partial charge in [0.2, 0.25) is 5.43 Å². The van der Waals surface area contributed by atoms with Gasteiger partial charge in [0.05, 0.1) is 16.9 Å². The highest BCUT2D eigenvalue weighted by atomic mass is 19.1. The summed E-state index contributed by atoms with van der Waals surface area (Å²) in [4.78, 5) is 23.9. The van der Waals surface area contributed by atoms with Crippen molar-refractivity contribution in [2.45, 2.75) is 6.42 Å². The van der Waals surface area contributed by atoms with Crippen LogP contribution in [0, 0.1) is 17.5 Å². The Hall–Kier alpha value is -3.33. The maximum atomic E-state index is 14.4. The Kier molecular flexibility index (Phi) is 5.36. The summed E-state index contributed by atoms with van der Waals surface area (Å²) in [6.07, 6.45) is 1.50. The van der Waals surface area contributed by atoms with Crippen LogP contribution in [-0.4, -0.2) is 28.7 Å².